The molecule has 2 rings (SSSR count). The third kappa shape index (κ3) is 1.36. The quantitative estimate of drug-likeness (QED) is 0.611. The summed E-state index contributed by atoms with van der Waals surface area (Å²) < 4.78 is 4.99. The SMILES string of the molecule is CN1CCC[C@]1(C(=O)O)C(=O)c1ccco1. The molecule has 1 aromatic heterocycles. The van der Waals surface area contributed by atoms with Crippen LogP contribution in [0.3, 0.4) is 0 Å². The molecule has 16 heavy (non-hydrogen) atoms. The Morgan fingerprint density at radius 3 is 2.75 bits per heavy atom. The zero-order valence-corrected chi connectivity index (χ0v) is 8.97. The van der Waals surface area contributed by atoms with E-state index >= 15 is 0 Å². The maximum atomic E-state index is 12.2. The molecule has 0 radical (unpaired) electrons. The number of carboxylic acid groups (broad SMARTS) is 1. The van der Waals surface area contributed by atoms with Gasteiger partial charge in [-0.3, -0.25) is 9.69 Å². The van der Waals surface area contributed by atoms with Crippen molar-refractivity contribution < 1.29 is 19.1 Å². The largest absolute Gasteiger partial charge is 0.480 e. The summed E-state index contributed by atoms with van der Waals surface area (Å²) in [6, 6.07) is 3.08. The number of carbonyl (C=O) groups excluding carboxylic acids is 1. The van der Waals surface area contributed by atoms with Crippen molar-refractivity contribution in [3.8, 4) is 0 Å². The molecule has 5 nitrogen and oxygen atoms in total. The highest BCUT2D eigenvalue weighted by atomic mass is 16.4. The third-order valence-corrected chi connectivity index (χ3v) is 3.16. The number of likely N-dealkylation sites (N-methyl/N-ethyl adjacent to an activating group) is 1. The first-order valence-corrected chi connectivity index (χ1v) is 5.12. The Morgan fingerprint density at radius 1 is 1.56 bits per heavy atom. The summed E-state index contributed by atoms with van der Waals surface area (Å²) in [5, 5.41) is 9.30. The van der Waals surface area contributed by atoms with E-state index in [1.165, 1.54) is 12.3 Å². The van der Waals surface area contributed by atoms with Crippen LogP contribution in [0.1, 0.15) is 23.4 Å². The van der Waals surface area contributed by atoms with E-state index < -0.39 is 17.3 Å². The summed E-state index contributed by atoms with van der Waals surface area (Å²) in [5.74, 6) is -1.46. The topological polar surface area (TPSA) is 70.8 Å². The fourth-order valence-electron chi connectivity index (χ4n) is 2.22. The lowest BCUT2D eigenvalue weighted by atomic mass is 9.89. The summed E-state index contributed by atoms with van der Waals surface area (Å²) in [4.78, 5) is 25.1. The molecular formula is C11H13NO4. The fraction of sp³-hybridized carbons (Fsp3) is 0.455. The molecule has 1 atom stereocenters. The first-order chi connectivity index (χ1) is 7.59. The number of furan rings is 1. The Balaban J connectivity index is 2.41. The summed E-state index contributed by atoms with van der Waals surface area (Å²) in [6.45, 7) is 0.610. The number of nitrogens with zero attached hydrogens (tertiary/aromatic N) is 1. The number of hydrogen-bond acceptors (Lipinski definition) is 4. The molecule has 0 aliphatic carbocycles. The second kappa shape index (κ2) is 3.75. The van der Waals surface area contributed by atoms with Gasteiger partial charge in [0.25, 0.3) is 0 Å². The molecule has 0 aromatic carbocycles. The van der Waals surface area contributed by atoms with Crippen LogP contribution in [0.25, 0.3) is 0 Å². The van der Waals surface area contributed by atoms with Gasteiger partial charge in [-0.2, -0.15) is 0 Å². The third-order valence-electron chi connectivity index (χ3n) is 3.16. The van der Waals surface area contributed by atoms with Gasteiger partial charge in [0.1, 0.15) is 0 Å². The van der Waals surface area contributed by atoms with Gasteiger partial charge in [-0.25, -0.2) is 4.79 Å². The van der Waals surface area contributed by atoms with E-state index in [4.69, 9.17) is 4.42 Å². The highest BCUT2D eigenvalue weighted by Gasteiger charge is 2.53. The zero-order valence-electron chi connectivity index (χ0n) is 8.97. The molecule has 2 heterocycles. The van der Waals surface area contributed by atoms with Crippen molar-refractivity contribution in [3.63, 3.8) is 0 Å². The lowest BCUT2D eigenvalue weighted by Gasteiger charge is -2.29. The maximum Gasteiger partial charge on any atom is 0.332 e. The van der Waals surface area contributed by atoms with E-state index in [-0.39, 0.29) is 5.76 Å². The van der Waals surface area contributed by atoms with Crippen LogP contribution in [0.2, 0.25) is 0 Å². The first kappa shape index (κ1) is 10.9. The van der Waals surface area contributed by atoms with Gasteiger partial charge in [0, 0.05) is 0 Å². The van der Waals surface area contributed by atoms with Crippen LogP contribution in [0.15, 0.2) is 22.8 Å². The number of hydrogen-bond donors (Lipinski definition) is 1. The number of likely N-dealkylation sites (tertiary alicyclic amines) is 1. The summed E-state index contributed by atoms with van der Waals surface area (Å²) in [7, 11) is 1.65. The van der Waals surface area contributed by atoms with Gasteiger partial charge in [-0.1, -0.05) is 0 Å². The lowest BCUT2D eigenvalue weighted by Crippen LogP contribution is -2.54. The van der Waals surface area contributed by atoms with Crippen LogP contribution in [0.5, 0.6) is 0 Å². The highest BCUT2D eigenvalue weighted by Crippen LogP contribution is 2.31. The van der Waals surface area contributed by atoms with Crippen LogP contribution in [-0.4, -0.2) is 40.9 Å². The van der Waals surface area contributed by atoms with Gasteiger partial charge in [-0.05, 0) is 38.6 Å². The summed E-state index contributed by atoms with van der Waals surface area (Å²) >= 11 is 0. The number of Topliss-reactive ketones (excluding diaryl/α,β-unsaturated/α-hetero) is 1. The molecule has 1 aliphatic rings. The lowest BCUT2D eigenvalue weighted by molar-refractivity contribution is -0.145. The van der Waals surface area contributed by atoms with Gasteiger partial charge < -0.3 is 9.52 Å². The molecular weight excluding hydrogens is 210 g/mol. The molecule has 86 valence electrons. The van der Waals surface area contributed by atoms with Gasteiger partial charge in [0.2, 0.25) is 5.78 Å². The number of aliphatic carboxylic acids is 1. The minimum absolute atomic E-state index is 0.108. The molecule has 1 saturated heterocycles. The van der Waals surface area contributed by atoms with Crippen molar-refractivity contribution in [1.82, 2.24) is 4.90 Å². The van der Waals surface area contributed by atoms with Gasteiger partial charge in [0.05, 0.1) is 6.26 Å². The molecule has 1 N–H and O–H groups in total. The average Bonchev–Trinajstić information content (AvgIpc) is 2.85. The predicted octanol–water partition coefficient (Wildman–Crippen LogP) is 1.01. The number of rotatable bonds is 3. The molecule has 0 bridgehead atoms. The minimum atomic E-state index is -1.45. The molecule has 1 fully saturated rings. The predicted molar refractivity (Wildman–Crippen MR) is 55.3 cm³/mol. The average molecular weight is 223 g/mol. The zero-order chi connectivity index (χ0) is 11.8. The van der Waals surface area contributed by atoms with Crippen molar-refractivity contribution in [2.45, 2.75) is 18.4 Å². The fourth-order valence-corrected chi connectivity index (χ4v) is 2.22. The van der Waals surface area contributed by atoms with E-state index in [0.29, 0.717) is 19.4 Å². The monoisotopic (exact) mass is 223 g/mol. The Labute approximate surface area is 92.7 Å². The Hall–Kier alpha value is -1.62. The van der Waals surface area contributed by atoms with Crippen molar-refractivity contribution in [2.24, 2.45) is 0 Å². The second-order valence-electron chi connectivity index (χ2n) is 4.00. The van der Waals surface area contributed by atoms with Crippen LogP contribution in [0.4, 0.5) is 0 Å². The highest BCUT2D eigenvalue weighted by molar-refractivity contribution is 6.15. The van der Waals surface area contributed by atoms with E-state index in [1.807, 2.05) is 0 Å². The minimum Gasteiger partial charge on any atom is -0.480 e. The standard InChI is InChI=1S/C11H13NO4/c1-12-6-3-5-11(12,10(14)15)9(13)8-4-2-7-16-8/h2,4,7H,3,5-6H2,1H3,(H,14,15)/t11-/m1/s1. The van der Waals surface area contributed by atoms with Gasteiger partial charge >= 0.3 is 5.97 Å². The Bertz CT molecular complexity index is 412. The maximum absolute atomic E-state index is 12.2. The second-order valence-corrected chi connectivity index (χ2v) is 4.00. The van der Waals surface area contributed by atoms with Gasteiger partial charge in [-0.15, -0.1) is 0 Å². The molecule has 1 aromatic rings. The van der Waals surface area contributed by atoms with Crippen molar-refractivity contribution in [3.05, 3.63) is 24.2 Å². The molecule has 1 aliphatic heterocycles. The molecule has 0 saturated carbocycles. The van der Waals surface area contributed by atoms with Crippen molar-refractivity contribution in [2.75, 3.05) is 13.6 Å². The van der Waals surface area contributed by atoms with Crippen LogP contribution in [0, 0.1) is 0 Å². The summed E-state index contributed by atoms with van der Waals surface area (Å²) in [5.41, 5.74) is -1.45. The Kier molecular flexibility index (Phi) is 2.55. The summed E-state index contributed by atoms with van der Waals surface area (Å²) in [6.07, 6.45) is 2.41. The van der Waals surface area contributed by atoms with Crippen LogP contribution < -0.4 is 0 Å². The van der Waals surface area contributed by atoms with Crippen molar-refractivity contribution >= 4 is 11.8 Å². The molecule has 5 heteroatoms. The molecule has 0 amide bonds. The van der Waals surface area contributed by atoms with E-state index in [2.05, 4.69) is 0 Å². The molecule has 0 unspecified atom stereocenters. The van der Waals surface area contributed by atoms with E-state index in [9.17, 15) is 14.7 Å². The first-order valence-electron chi connectivity index (χ1n) is 5.12. The number of ketones is 1. The van der Waals surface area contributed by atoms with Gasteiger partial charge in [0.15, 0.2) is 11.3 Å². The Morgan fingerprint density at radius 2 is 2.31 bits per heavy atom. The smallest absolute Gasteiger partial charge is 0.332 e. The van der Waals surface area contributed by atoms with Crippen LogP contribution in [-0.2, 0) is 4.79 Å². The molecule has 0 spiro atoms. The number of carboxylic acids is 1. The van der Waals surface area contributed by atoms with E-state index in [0.717, 1.165) is 0 Å². The van der Waals surface area contributed by atoms with Crippen molar-refractivity contribution in [1.29, 1.82) is 0 Å². The number of carbonyl (C=O) groups is 2. The van der Waals surface area contributed by atoms with Crippen LogP contribution >= 0.6 is 0 Å². The normalized spacial score (nSPS) is 25.8. The van der Waals surface area contributed by atoms with E-state index in [1.54, 1.807) is 18.0 Å².